The molecule has 1 N–H and O–H groups in total. The molecule has 1 aliphatic rings. The van der Waals surface area contributed by atoms with Gasteiger partial charge in [0.15, 0.2) is 5.84 Å². The summed E-state index contributed by atoms with van der Waals surface area (Å²) in [6, 6.07) is 11.9. The lowest BCUT2D eigenvalue weighted by atomic mass is 10.2. The number of benzene rings is 2. The zero-order valence-corrected chi connectivity index (χ0v) is 11.4. The highest BCUT2D eigenvalue weighted by Gasteiger charge is 2.25. The molecule has 0 radical (unpaired) electrons. The molecule has 0 spiro atoms. The highest BCUT2D eigenvalue weighted by molar-refractivity contribution is 7.90. The average Bonchev–Trinajstić information content (AvgIpc) is 2.46. The first kappa shape index (κ1) is 13.3. The number of nitro benzene ring substituents is 1. The maximum Gasteiger partial charge on any atom is 0.286 e. The second kappa shape index (κ2) is 4.67. The maximum absolute atomic E-state index is 12.1. The van der Waals surface area contributed by atoms with Crippen molar-refractivity contribution < 1.29 is 13.3 Å². The largest absolute Gasteiger partial charge is 0.338 e. The van der Waals surface area contributed by atoms with Gasteiger partial charge in [-0.05, 0) is 24.3 Å². The highest BCUT2D eigenvalue weighted by Crippen LogP contribution is 2.28. The first-order valence-corrected chi connectivity index (χ1v) is 7.37. The van der Waals surface area contributed by atoms with E-state index in [-0.39, 0.29) is 16.4 Å². The van der Waals surface area contributed by atoms with E-state index in [0.717, 1.165) is 0 Å². The Bertz CT molecular complexity index is 857. The minimum absolute atomic E-state index is 0.0709. The molecule has 1 heterocycles. The van der Waals surface area contributed by atoms with Crippen LogP contribution in [0, 0.1) is 10.1 Å². The van der Waals surface area contributed by atoms with E-state index in [9.17, 15) is 18.5 Å². The van der Waals surface area contributed by atoms with Gasteiger partial charge in [-0.1, -0.05) is 12.1 Å². The Morgan fingerprint density at radius 1 is 1.05 bits per heavy atom. The van der Waals surface area contributed by atoms with E-state index in [1.54, 1.807) is 18.2 Å². The number of hydrogen-bond donors (Lipinski definition) is 1. The van der Waals surface area contributed by atoms with Crippen molar-refractivity contribution in [1.29, 1.82) is 0 Å². The summed E-state index contributed by atoms with van der Waals surface area (Å²) in [6.07, 6.45) is 0. The van der Waals surface area contributed by atoms with Gasteiger partial charge in [0.2, 0.25) is 0 Å². The topological polar surface area (TPSA) is 102 Å². The van der Waals surface area contributed by atoms with Crippen molar-refractivity contribution in [3.63, 3.8) is 0 Å². The Hall–Kier alpha value is -2.74. The molecule has 0 unspecified atom stereocenters. The minimum atomic E-state index is -3.77. The second-order valence-corrected chi connectivity index (χ2v) is 5.91. The molecule has 0 amide bonds. The van der Waals surface area contributed by atoms with Gasteiger partial charge in [-0.2, -0.15) is 8.42 Å². The summed E-state index contributed by atoms with van der Waals surface area (Å²) in [5, 5.41) is 13.5. The van der Waals surface area contributed by atoms with Crippen molar-refractivity contribution in [3.05, 3.63) is 64.2 Å². The van der Waals surface area contributed by atoms with Crippen molar-refractivity contribution in [2.75, 3.05) is 5.32 Å². The van der Waals surface area contributed by atoms with E-state index in [4.69, 9.17) is 0 Å². The standard InChI is InChI=1S/C13H9N3O4S/c17-16(18)10-7-5-9(6-8-10)13-14-11-3-1-2-4-12(11)21(19,20)15-13/h1-8H,(H,14,15). The molecule has 2 aromatic rings. The summed E-state index contributed by atoms with van der Waals surface area (Å²) in [7, 11) is -3.77. The van der Waals surface area contributed by atoms with Gasteiger partial charge in [0.1, 0.15) is 4.90 Å². The molecule has 1 aliphatic heterocycles. The molecular weight excluding hydrogens is 294 g/mol. The van der Waals surface area contributed by atoms with Crippen molar-refractivity contribution >= 4 is 27.2 Å². The average molecular weight is 303 g/mol. The number of nitrogens with zero attached hydrogens (tertiary/aromatic N) is 2. The second-order valence-electron chi connectivity index (χ2n) is 4.34. The van der Waals surface area contributed by atoms with Gasteiger partial charge >= 0.3 is 0 Å². The molecule has 0 aliphatic carbocycles. The summed E-state index contributed by atoms with van der Waals surface area (Å²) in [5.41, 5.74) is 0.818. The molecular formula is C13H9N3O4S. The normalized spacial score (nSPS) is 15.5. The fourth-order valence-electron chi connectivity index (χ4n) is 1.98. The number of rotatable bonds is 2. The number of nitrogens with one attached hydrogen (secondary N) is 1. The van der Waals surface area contributed by atoms with Crippen LogP contribution in [0.15, 0.2) is 57.8 Å². The van der Waals surface area contributed by atoms with Crippen LogP contribution in [0.25, 0.3) is 0 Å². The molecule has 106 valence electrons. The summed E-state index contributed by atoms with van der Waals surface area (Å²) in [6.45, 7) is 0. The van der Waals surface area contributed by atoms with Crippen LogP contribution < -0.4 is 5.32 Å². The molecule has 7 nitrogen and oxygen atoms in total. The van der Waals surface area contributed by atoms with Gasteiger partial charge in [0.05, 0.1) is 10.6 Å². The number of amidine groups is 1. The minimum Gasteiger partial charge on any atom is -0.338 e. The molecule has 0 saturated heterocycles. The van der Waals surface area contributed by atoms with Gasteiger partial charge in [0.25, 0.3) is 15.7 Å². The Kier molecular flexibility index (Phi) is 2.95. The van der Waals surface area contributed by atoms with Crippen LogP contribution in [0.2, 0.25) is 0 Å². The summed E-state index contributed by atoms with van der Waals surface area (Å²) in [4.78, 5) is 10.2. The number of sulfonamides is 1. The van der Waals surface area contributed by atoms with Crippen molar-refractivity contribution in [3.8, 4) is 0 Å². The lowest BCUT2D eigenvalue weighted by Gasteiger charge is -2.17. The Labute approximate surface area is 120 Å². The van der Waals surface area contributed by atoms with Crippen LogP contribution in [-0.4, -0.2) is 19.2 Å². The predicted octanol–water partition coefficient (Wildman–Crippen LogP) is 2.16. The van der Waals surface area contributed by atoms with Crippen LogP contribution in [-0.2, 0) is 10.0 Å². The molecule has 0 saturated carbocycles. The van der Waals surface area contributed by atoms with E-state index >= 15 is 0 Å². The van der Waals surface area contributed by atoms with Crippen LogP contribution in [0.3, 0.4) is 0 Å². The smallest absolute Gasteiger partial charge is 0.286 e. The van der Waals surface area contributed by atoms with Gasteiger partial charge in [-0.25, -0.2) is 0 Å². The molecule has 0 bridgehead atoms. The fourth-order valence-corrected chi connectivity index (χ4v) is 3.12. The number of fused-ring (bicyclic) bond motifs is 1. The lowest BCUT2D eigenvalue weighted by Crippen LogP contribution is -2.22. The summed E-state index contributed by atoms with van der Waals surface area (Å²) in [5.74, 6) is 0.142. The van der Waals surface area contributed by atoms with Gasteiger partial charge in [0, 0.05) is 17.7 Å². The summed E-state index contributed by atoms with van der Waals surface area (Å²) < 4.78 is 27.9. The monoisotopic (exact) mass is 303 g/mol. The van der Waals surface area contributed by atoms with E-state index in [0.29, 0.717) is 11.3 Å². The first-order chi connectivity index (χ1) is 9.97. The number of non-ortho nitro benzene ring substituents is 1. The number of hydrogen-bond acceptors (Lipinski definition) is 5. The van der Waals surface area contributed by atoms with Gasteiger partial charge < -0.3 is 5.32 Å². The van der Waals surface area contributed by atoms with E-state index in [1.807, 2.05) is 0 Å². The molecule has 8 heteroatoms. The molecule has 21 heavy (non-hydrogen) atoms. The number of nitro groups is 1. The third-order valence-electron chi connectivity index (χ3n) is 2.98. The lowest BCUT2D eigenvalue weighted by molar-refractivity contribution is -0.384. The Morgan fingerprint density at radius 3 is 2.38 bits per heavy atom. The van der Waals surface area contributed by atoms with Crippen LogP contribution in [0.4, 0.5) is 11.4 Å². The third-order valence-corrected chi connectivity index (χ3v) is 4.32. The molecule has 0 aromatic heterocycles. The number of anilines is 1. The Morgan fingerprint density at radius 2 is 1.71 bits per heavy atom. The molecule has 3 rings (SSSR count). The van der Waals surface area contributed by atoms with E-state index in [2.05, 4.69) is 9.71 Å². The van der Waals surface area contributed by atoms with Gasteiger partial charge in [-0.3, -0.25) is 10.1 Å². The van der Waals surface area contributed by atoms with Crippen LogP contribution in [0.1, 0.15) is 5.56 Å². The Balaban J connectivity index is 2.05. The van der Waals surface area contributed by atoms with Crippen LogP contribution >= 0.6 is 0 Å². The van der Waals surface area contributed by atoms with E-state index in [1.165, 1.54) is 30.3 Å². The zero-order valence-electron chi connectivity index (χ0n) is 10.6. The maximum atomic E-state index is 12.1. The van der Waals surface area contributed by atoms with Crippen molar-refractivity contribution in [1.82, 2.24) is 0 Å². The number of para-hydroxylation sites is 1. The predicted molar refractivity (Wildman–Crippen MR) is 76.9 cm³/mol. The van der Waals surface area contributed by atoms with Crippen molar-refractivity contribution in [2.45, 2.75) is 4.90 Å². The molecule has 0 fully saturated rings. The quantitative estimate of drug-likeness (QED) is 0.676. The SMILES string of the molecule is O=[N+]([O-])c1ccc(C2=NS(=O)(=O)c3ccccc3N2)cc1. The van der Waals surface area contributed by atoms with E-state index < -0.39 is 14.9 Å². The first-order valence-electron chi connectivity index (χ1n) is 5.93. The zero-order chi connectivity index (χ0) is 15.0. The highest BCUT2D eigenvalue weighted by atomic mass is 32.2. The summed E-state index contributed by atoms with van der Waals surface area (Å²) >= 11 is 0. The van der Waals surface area contributed by atoms with Crippen molar-refractivity contribution in [2.24, 2.45) is 4.40 Å². The third kappa shape index (κ3) is 2.36. The fraction of sp³-hybridized carbons (Fsp3) is 0. The van der Waals surface area contributed by atoms with Crippen LogP contribution in [0.5, 0.6) is 0 Å². The van der Waals surface area contributed by atoms with Gasteiger partial charge in [-0.15, -0.1) is 4.40 Å². The molecule has 0 atom stereocenters. The molecule has 2 aromatic carbocycles.